The lowest BCUT2D eigenvalue weighted by Crippen LogP contribution is -2.35. The minimum Gasteiger partial charge on any atom is -0.395 e. The molecule has 174 valence electrons. The van der Waals surface area contributed by atoms with E-state index in [0.29, 0.717) is 24.2 Å². The van der Waals surface area contributed by atoms with E-state index in [-0.39, 0.29) is 19.3 Å². The van der Waals surface area contributed by atoms with Gasteiger partial charge in [-0.3, -0.25) is 14.5 Å². The Morgan fingerprint density at radius 2 is 1.03 bits per heavy atom. The molecule has 0 unspecified atom stereocenters. The maximum Gasteiger partial charge on any atom is 0.193 e. The maximum atomic E-state index is 12.4. The highest BCUT2D eigenvalue weighted by Crippen LogP contribution is 2.30. The summed E-state index contributed by atoms with van der Waals surface area (Å²) >= 11 is 0. The van der Waals surface area contributed by atoms with Crippen molar-refractivity contribution in [1.82, 2.24) is 4.90 Å². The summed E-state index contributed by atoms with van der Waals surface area (Å²) in [5.41, 5.74) is -0.571. The number of aliphatic hydroxyl groups is 4. The second-order valence-corrected chi connectivity index (χ2v) is 8.91. The zero-order valence-electron chi connectivity index (χ0n) is 19.1. The monoisotopic (exact) mass is 443 g/mol. The van der Waals surface area contributed by atoms with Crippen LogP contribution in [0.4, 0.5) is 0 Å². The van der Waals surface area contributed by atoms with Crippen molar-refractivity contribution >= 4 is 11.6 Å². The number of carbonyl (C=O) groups excluding carboxylic acids is 2. The van der Waals surface area contributed by atoms with E-state index >= 15 is 0 Å². The molecule has 0 aromatic heterocycles. The van der Waals surface area contributed by atoms with Gasteiger partial charge < -0.3 is 20.4 Å². The molecule has 0 radical (unpaired) electrons. The Morgan fingerprint density at radius 3 is 1.28 bits per heavy atom. The smallest absolute Gasteiger partial charge is 0.193 e. The Bertz CT molecular complexity index is 832. The Labute approximate surface area is 188 Å². The number of nitrogens with zero attached hydrogens (tertiary/aromatic N) is 1. The maximum absolute atomic E-state index is 12.4. The summed E-state index contributed by atoms with van der Waals surface area (Å²) in [4.78, 5) is 26.6. The van der Waals surface area contributed by atoms with Crippen molar-refractivity contribution in [2.75, 3.05) is 26.3 Å². The average Bonchev–Trinajstić information content (AvgIpc) is 2.73. The first-order valence-electron chi connectivity index (χ1n) is 10.6. The number of ketones is 2. The van der Waals surface area contributed by atoms with Crippen LogP contribution in [0.2, 0.25) is 0 Å². The zero-order chi connectivity index (χ0) is 24.1. The number of hydrogen-bond acceptors (Lipinski definition) is 7. The van der Waals surface area contributed by atoms with E-state index in [2.05, 4.69) is 0 Å². The summed E-state index contributed by atoms with van der Waals surface area (Å²) in [5.74, 6) is -0.782. The topological polar surface area (TPSA) is 118 Å². The summed E-state index contributed by atoms with van der Waals surface area (Å²) in [6.45, 7) is 6.14. The Morgan fingerprint density at radius 1 is 0.719 bits per heavy atom. The Hall–Kier alpha value is -2.42. The van der Waals surface area contributed by atoms with Crippen LogP contribution in [0.1, 0.15) is 65.6 Å². The van der Waals surface area contributed by atoms with Crippen LogP contribution in [-0.2, 0) is 0 Å². The third-order valence-corrected chi connectivity index (χ3v) is 5.23. The average molecular weight is 444 g/mol. The van der Waals surface area contributed by atoms with E-state index in [9.17, 15) is 30.0 Å². The minimum atomic E-state index is -1.48. The van der Waals surface area contributed by atoms with Crippen LogP contribution in [0.5, 0.6) is 0 Å². The normalized spacial score (nSPS) is 12.4. The summed E-state index contributed by atoms with van der Waals surface area (Å²) in [6, 6.07) is 13.3. The molecule has 2 rings (SSSR count). The summed E-state index contributed by atoms with van der Waals surface area (Å²) in [7, 11) is 0. The largest absolute Gasteiger partial charge is 0.395 e. The van der Waals surface area contributed by atoms with Crippen molar-refractivity contribution in [3.05, 3.63) is 70.8 Å². The van der Waals surface area contributed by atoms with E-state index in [1.165, 1.54) is 27.7 Å². The molecule has 0 saturated carbocycles. The van der Waals surface area contributed by atoms with Gasteiger partial charge in [0.15, 0.2) is 11.6 Å². The predicted octanol–water partition coefficient (Wildman–Crippen LogP) is 1.97. The van der Waals surface area contributed by atoms with Crippen LogP contribution >= 0.6 is 0 Å². The van der Waals surface area contributed by atoms with Crippen LogP contribution in [0.3, 0.4) is 0 Å². The van der Waals surface area contributed by atoms with Gasteiger partial charge in [0.1, 0.15) is 11.2 Å². The Kier molecular flexibility index (Phi) is 8.45. The lowest BCUT2D eigenvalue weighted by molar-refractivity contribution is 0.0487. The van der Waals surface area contributed by atoms with Crippen molar-refractivity contribution in [3.63, 3.8) is 0 Å². The molecule has 0 aliphatic rings. The SMILES string of the molecule is CC(C)(O)C(=O)c1ccc(C(c2ccc(C(=O)C(C)(C)O)cc2)N(CCO)CCO)cc1. The van der Waals surface area contributed by atoms with Gasteiger partial charge in [0.2, 0.25) is 0 Å². The molecule has 0 heterocycles. The number of hydrogen-bond donors (Lipinski definition) is 4. The quantitative estimate of drug-likeness (QED) is 0.392. The van der Waals surface area contributed by atoms with Crippen molar-refractivity contribution < 1.29 is 30.0 Å². The molecule has 0 spiro atoms. The third kappa shape index (κ3) is 6.31. The minimum absolute atomic E-state index is 0.110. The first-order chi connectivity index (χ1) is 14.9. The fraction of sp³-hybridized carbons (Fsp3) is 0.440. The molecule has 0 saturated heterocycles. The van der Waals surface area contributed by atoms with Gasteiger partial charge in [-0.2, -0.15) is 0 Å². The summed E-state index contributed by atoms with van der Waals surface area (Å²) in [6.07, 6.45) is 0. The van der Waals surface area contributed by atoms with Gasteiger partial charge in [-0.15, -0.1) is 0 Å². The molecule has 4 N–H and O–H groups in total. The molecular formula is C25H33NO6. The van der Waals surface area contributed by atoms with Gasteiger partial charge >= 0.3 is 0 Å². The second kappa shape index (κ2) is 10.5. The van der Waals surface area contributed by atoms with Crippen LogP contribution < -0.4 is 0 Å². The third-order valence-electron chi connectivity index (χ3n) is 5.23. The van der Waals surface area contributed by atoms with Gasteiger partial charge in [-0.05, 0) is 38.8 Å². The van der Waals surface area contributed by atoms with Crippen molar-refractivity contribution in [3.8, 4) is 0 Å². The molecule has 32 heavy (non-hydrogen) atoms. The summed E-state index contributed by atoms with van der Waals surface area (Å²) in [5, 5.41) is 39.1. The van der Waals surface area contributed by atoms with Crippen molar-refractivity contribution in [2.45, 2.75) is 44.9 Å². The number of Topliss-reactive ketones (excluding diaryl/α,β-unsaturated/α-hetero) is 2. The zero-order valence-corrected chi connectivity index (χ0v) is 19.1. The highest BCUT2D eigenvalue weighted by atomic mass is 16.3. The van der Waals surface area contributed by atoms with Gasteiger partial charge in [0.05, 0.1) is 19.3 Å². The molecule has 2 aromatic carbocycles. The van der Waals surface area contributed by atoms with E-state index in [1.54, 1.807) is 48.5 Å². The van der Waals surface area contributed by atoms with Crippen LogP contribution in [0.25, 0.3) is 0 Å². The molecule has 0 fully saturated rings. The first kappa shape index (κ1) is 25.8. The fourth-order valence-electron chi connectivity index (χ4n) is 3.58. The number of carbonyl (C=O) groups is 2. The molecular weight excluding hydrogens is 410 g/mol. The molecule has 0 amide bonds. The van der Waals surface area contributed by atoms with Crippen LogP contribution in [0.15, 0.2) is 48.5 Å². The van der Waals surface area contributed by atoms with Crippen LogP contribution in [0, 0.1) is 0 Å². The standard InChI is InChI=1S/C25H33NO6/c1-24(2,31)22(29)19-9-5-17(6-10-19)21(26(13-15-27)14-16-28)18-7-11-20(12-8-18)23(30)25(3,4)32/h5-12,21,27-28,31-32H,13-16H2,1-4H3. The van der Waals surface area contributed by atoms with Crippen molar-refractivity contribution in [1.29, 1.82) is 0 Å². The van der Waals surface area contributed by atoms with Crippen molar-refractivity contribution in [2.24, 2.45) is 0 Å². The molecule has 0 aliphatic carbocycles. The highest BCUT2D eigenvalue weighted by molar-refractivity contribution is 6.02. The molecule has 2 aromatic rings. The lowest BCUT2D eigenvalue weighted by Gasteiger charge is -2.32. The number of benzene rings is 2. The highest BCUT2D eigenvalue weighted by Gasteiger charge is 2.28. The predicted molar refractivity (Wildman–Crippen MR) is 122 cm³/mol. The fourth-order valence-corrected chi connectivity index (χ4v) is 3.58. The second-order valence-electron chi connectivity index (χ2n) is 8.91. The van der Waals surface area contributed by atoms with E-state index in [1.807, 2.05) is 4.90 Å². The Balaban J connectivity index is 2.47. The van der Waals surface area contributed by atoms with Gasteiger partial charge in [0.25, 0.3) is 0 Å². The molecule has 0 aliphatic heterocycles. The van der Waals surface area contributed by atoms with Gasteiger partial charge in [-0.25, -0.2) is 0 Å². The van der Waals surface area contributed by atoms with Crippen LogP contribution in [-0.4, -0.2) is 74.4 Å². The van der Waals surface area contributed by atoms with E-state index in [4.69, 9.17) is 0 Å². The summed E-state index contributed by atoms with van der Waals surface area (Å²) < 4.78 is 0. The van der Waals surface area contributed by atoms with E-state index < -0.39 is 22.8 Å². The molecule has 7 heteroatoms. The number of rotatable bonds is 11. The molecule has 7 nitrogen and oxygen atoms in total. The van der Waals surface area contributed by atoms with Gasteiger partial charge in [0, 0.05) is 24.2 Å². The molecule has 0 atom stereocenters. The van der Waals surface area contributed by atoms with Gasteiger partial charge in [-0.1, -0.05) is 48.5 Å². The molecule has 0 bridgehead atoms. The first-order valence-corrected chi connectivity index (χ1v) is 10.6. The lowest BCUT2D eigenvalue weighted by atomic mass is 9.91. The number of aliphatic hydroxyl groups excluding tert-OH is 2. The van der Waals surface area contributed by atoms with E-state index in [0.717, 1.165) is 11.1 Å².